The van der Waals surface area contributed by atoms with Crippen molar-refractivity contribution in [3.05, 3.63) is 35.0 Å². The first-order valence-electron chi connectivity index (χ1n) is 8.51. The predicted molar refractivity (Wildman–Crippen MR) is 99.4 cm³/mol. The standard InChI is InChI=1S/C20H29NO4/c1-8-17(12(2)3)21-11-16(14(5)22)20(23)15-9-13(4)18(24-6)10-19(15)25-7/h9-12,17,21H,8H2,1-7H3/t17-/m1/s1. The maximum atomic E-state index is 12.9. The van der Waals surface area contributed by atoms with Crippen molar-refractivity contribution in [3.63, 3.8) is 0 Å². The average Bonchev–Trinajstić information content (AvgIpc) is 2.57. The van der Waals surface area contributed by atoms with Crippen LogP contribution in [-0.2, 0) is 4.79 Å². The number of nitrogens with one attached hydrogen (secondary N) is 1. The summed E-state index contributed by atoms with van der Waals surface area (Å²) in [6, 6.07) is 3.55. The lowest BCUT2D eigenvalue weighted by molar-refractivity contribution is -0.113. The van der Waals surface area contributed by atoms with Crippen LogP contribution in [-0.4, -0.2) is 31.8 Å². The third-order valence-corrected chi connectivity index (χ3v) is 4.27. The molecule has 1 aromatic rings. The number of carbonyl (C=O) groups is 2. The molecule has 0 saturated carbocycles. The summed E-state index contributed by atoms with van der Waals surface area (Å²) in [4.78, 5) is 25.0. The Morgan fingerprint density at radius 1 is 1.16 bits per heavy atom. The summed E-state index contributed by atoms with van der Waals surface area (Å²) < 4.78 is 10.6. The molecule has 0 heterocycles. The summed E-state index contributed by atoms with van der Waals surface area (Å²) in [6.07, 6.45) is 2.44. The molecule has 0 bridgehead atoms. The van der Waals surface area contributed by atoms with Crippen molar-refractivity contribution in [2.45, 2.75) is 47.1 Å². The van der Waals surface area contributed by atoms with Gasteiger partial charge in [-0.05, 0) is 37.8 Å². The van der Waals surface area contributed by atoms with Crippen molar-refractivity contribution in [1.29, 1.82) is 0 Å². The molecule has 0 saturated heterocycles. The van der Waals surface area contributed by atoms with Crippen LogP contribution in [0.1, 0.15) is 50.0 Å². The lowest BCUT2D eigenvalue weighted by Crippen LogP contribution is -2.30. The van der Waals surface area contributed by atoms with Crippen molar-refractivity contribution in [1.82, 2.24) is 5.32 Å². The number of aryl methyl sites for hydroxylation is 1. The Bertz CT molecular complexity index is 662. The highest BCUT2D eigenvalue weighted by atomic mass is 16.5. The first kappa shape index (κ1) is 20.7. The van der Waals surface area contributed by atoms with E-state index in [0.29, 0.717) is 23.0 Å². The summed E-state index contributed by atoms with van der Waals surface area (Å²) in [5, 5.41) is 3.21. The molecule has 0 unspecified atom stereocenters. The number of hydrogen-bond acceptors (Lipinski definition) is 5. The quantitative estimate of drug-likeness (QED) is 0.319. The number of ether oxygens (including phenoxy) is 2. The topological polar surface area (TPSA) is 64.6 Å². The molecule has 5 nitrogen and oxygen atoms in total. The summed E-state index contributed by atoms with van der Waals surface area (Å²) in [5.74, 6) is 0.761. The molecule has 0 aliphatic rings. The highest BCUT2D eigenvalue weighted by Gasteiger charge is 2.22. The number of methoxy groups -OCH3 is 2. The second-order valence-electron chi connectivity index (χ2n) is 6.39. The van der Waals surface area contributed by atoms with E-state index in [4.69, 9.17) is 9.47 Å². The minimum Gasteiger partial charge on any atom is -0.496 e. The Hall–Kier alpha value is -2.30. The van der Waals surface area contributed by atoms with E-state index in [9.17, 15) is 9.59 Å². The van der Waals surface area contributed by atoms with Gasteiger partial charge in [-0.25, -0.2) is 0 Å². The zero-order valence-corrected chi connectivity index (χ0v) is 16.2. The Kier molecular flexibility index (Phi) is 7.68. The molecule has 0 spiro atoms. The molecule has 0 aliphatic carbocycles. The van der Waals surface area contributed by atoms with Crippen LogP contribution in [0, 0.1) is 12.8 Å². The predicted octanol–water partition coefficient (Wildman–Crippen LogP) is 3.69. The molecule has 1 aromatic carbocycles. The van der Waals surface area contributed by atoms with E-state index in [0.717, 1.165) is 12.0 Å². The van der Waals surface area contributed by atoms with Crippen LogP contribution in [0.25, 0.3) is 0 Å². The lowest BCUT2D eigenvalue weighted by atomic mass is 9.97. The third-order valence-electron chi connectivity index (χ3n) is 4.27. The van der Waals surface area contributed by atoms with Crippen LogP contribution in [0.5, 0.6) is 11.5 Å². The van der Waals surface area contributed by atoms with E-state index >= 15 is 0 Å². The summed E-state index contributed by atoms with van der Waals surface area (Å²) in [6.45, 7) is 9.50. The fourth-order valence-corrected chi connectivity index (χ4v) is 2.68. The third kappa shape index (κ3) is 5.08. The Balaban J connectivity index is 3.28. The molecule has 1 atom stereocenters. The van der Waals surface area contributed by atoms with Crippen LogP contribution in [0.2, 0.25) is 0 Å². The van der Waals surface area contributed by atoms with Crippen LogP contribution >= 0.6 is 0 Å². The van der Waals surface area contributed by atoms with E-state index in [1.165, 1.54) is 20.2 Å². The molecule has 1 N–H and O–H groups in total. The monoisotopic (exact) mass is 347 g/mol. The van der Waals surface area contributed by atoms with Crippen molar-refractivity contribution in [3.8, 4) is 11.5 Å². The molecule has 0 fully saturated rings. The lowest BCUT2D eigenvalue weighted by Gasteiger charge is -2.20. The van der Waals surface area contributed by atoms with Gasteiger partial charge in [-0.3, -0.25) is 9.59 Å². The van der Waals surface area contributed by atoms with Gasteiger partial charge in [0.25, 0.3) is 0 Å². The summed E-state index contributed by atoms with van der Waals surface area (Å²) in [5.41, 5.74) is 1.26. The molecule has 0 aliphatic heterocycles. The fraction of sp³-hybridized carbons (Fsp3) is 0.500. The van der Waals surface area contributed by atoms with Gasteiger partial charge in [0.05, 0.1) is 25.4 Å². The maximum absolute atomic E-state index is 12.9. The largest absolute Gasteiger partial charge is 0.496 e. The molecular weight excluding hydrogens is 318 g/mol. The highest BCUT2D eigenvalue weighted by molar-refractivity contribution is 6.26. The van der Waals surface area contributed by atoms with Crippen LogP contribution < -0.4 is 14.8 Å². The summed E-state index contributed by atoms with van der Waals surface area (Å²) >= 11 is 0. The van der Waals surface area contributed by atoms with Crippen LogP contribution in [0.3, 0.4) is 0 Å². The van der Waals surface area contributed by atoms with E-state index in [2.05, 4.69) is 26.1 Å². The Morgan fingerprint density at radius 2 is 1.76 bits per heavy atom. The first-order valence-corrected chi connectivity index (χ1v) is 8.51. The van der Waals surface area contributed by atoms with E-state index < -0.39 is 0 Å². The Labute approximate surface area is 150 Å². The molecule has 5 heteroatoms. The number of carbonyl (C=O) groups excluding carboxylic acids is 2. The highest BCUT2D eigenvalue weighted by Crippen LogP contribution is 2.30. The van der Waals surface area contributed by atoms with Crippen molar-refractivity contribution < 1.29 is 19.1 Å². The van der Waals surface area contributed by atoms with E-state index in [-0.39, 0.29) is 23.2 Å². The fourth-order valence-electron chi connectivity index (χ4n) is 2.68. The van der Waals surface area contributed by atoms with E-state index in [1.54, 1.807) is 19.2 Å². The van der Waals surface area contributed by atoms with Gasteiger partial charge in [0.1, 0.15) is 11.5 Å². The van der Waals surface area contributed by atoms with Crippen LogP contribution in [0.4, 0.5) is 0 Å². The molecule has 0 aromatic heterocycles. The van der Waals surface area contributed by atoms with Gasteiger partial charge in [0.2, 0.25) is 5.78 Å². The zero-order valence-electron chi connectivity index (χ0n) is 16.2. The number of Topliss-reactive ketones (excluding diaryl/α,β-unsaturated/α-hetero) is 2. The molecule has 138 valence electrons. The maximum Gasteiger partial charge on any atom is 0.201 e. The van der Waals surface area contributed by atoms with Crippen LogP contribution in [0.15, 0.2) is 23.9 Å². The van der Waals surface area contributed by atoms with Gasteiger partial charge in [-0.2, -0.15) is 0 Å². The molecule has 0 radical (unpaired) electrons. The van der Waals surface area contributed by atoms with Gasteiger partial charge in [0.15, 0.2) is 5.78 Å². The SMILES string of the molecule is CC[C@@H](NC=C(C(C)=O)C(=O)c1cc(C)c(OC)cc1OC)C(C)C. The number of rotatable bonds is 9. The molecule has 25 heavy (non-hydrogen) atoms. The summed E-state index contributed by atoms with van der Waals surface area (Å²) in [7, 11) is 3.05. The second-order valence-corrected chi connectivity index (χ2v) is 6.39. The second kappa shape index (κ2) is 9.25. The molecule has 1 rings (SSSR count). The molecule has 0 amide bonds. The number of allylic oxidation sites excluding steroid dienone is 1. The Morgan fingerprint density at radius 3 is 2.20 bits per heavy atom. The van der Waals surface area contributed by atoms with Crippen molar-refractivity contribution in [2.24, 2.45) is 5.92 Å². The van der Waals surface area contributed by atoms with E-state index in [1.807, 2.05) is 6.92 Å². The van der Waals surface area contributed by atoms with Gasteiger partial charge in [0, 0.05) is 18.3 Å². The molecular formula is C20H29NO4. The number of benzene rings is 1. The number of hydrogen-bond donors (Lipinski definition) is 1. The van der Waals surface area contributed by atoms with Crippen molar-refractivity contribution in [2.75, 3.05) is 14.2 Å². The minimum atomic E-state index is -0.360. The zero-order chi connectivity index (χ0) is 19.1. The first-order chi connectivity index (χ1) is 11.8. The van der Waals surface area contributed by atoms with Gasteiger partial charge in [-0.1, -0.05) is 20.8 Å². The smallest absolute Gasteiger partial charge is 0.201 e. The number of ketones is 2. The van der Waals surface area contributed by atoms with Gasteiger partial charge in [-0.15, -0.1) is 0 Å². The normalized spacial score (nSPS) is 12.7. The van der Waals surface area contributed by atoms with Crippen molar-refractivity contribution >= 4 is 11.6 Å². The minimum absolute atomic E-state index is 0.113. The average molecular weight is 347 g/mol. The van der Waals surface area contributed by atoms with Gasteiger partial charge < -0.3 is 14.8 Å². The van der Waals surface area contributed by atoms with Gasteiger partial charge >= 0.3 is 0 Å².